The van der Waals surface area contributed by atoms with Crippen LogP contribution in [0.1, 0.15) is 16.7 Å². The van der Waals surface area contributed by atoms with Crippen molar-refractivity contribution < 1.29 is 0 Å². The van der Waals surface area contributed by atoms with Crippen LogP contribution in [0.5, 0.6) is 0 Å². The topological polar surface area (TPSA) is 63.6 Å². The van der Waals surface area contributed by atoms with Crippen LogP contribution in [0.15, 0.2) is 29.5 Å². The second-order valence-electron chi connectivity index (χ2n) is 4.77. The number of aromatic amines is 1. The van der Waals surface area contributed by atoms with Crippen molar-refractivity contribution in [3.8, 4) is 5.69 Å². The van der Waals surface area contributed by atoms with Crippen LogP contribution in [-0.4, -0.2) is 19.7 Å². The summed E-state index contributed by atoms with van der Waals surface area (Å²) in [5, 5.41) is 4.81. The molecule has 2 heterocycles. The predicted molar refractivity (Wildman–Crippen MR) is 73.7 cm³/mol. The number of rotatable bonds is 1. The Morgan fingerprint density at radius 3 is 2.53 bits per heavy atom. The van der Waals surface area contributed by atoms with E-state index in [9.17, 15) is 4.79 Å². The van der Waals surface area contributed by atoms with Crippen LogP contribution < -0.4 is 5.56 Å². The molecule has 0 fully saturated rings. The van der Waals surface area contributed by atoms with Gasteiger partial charge >= 0.3 is 0 Å². The number of fused-ring (bicyclic) bond motifs is 1. The van der Waals surface area contributed by atoms with Crippen LogP contribution >= 0.6 is 0 Å². The van der Waals surface area contributed by atoms with Crippen molar-refractivity contribution in [1.82, 2.24) is 19.7 Å². The lowest BCUT2D eigenvalue weighted by atomic mass is 10.1. The quantitative estimate of drug-likeness (QED) is 0.722. The Balaban J connectivity index is 2.38. The molecule has 0 radical (unpaired) electrons. The van der Waals surface area contributed by atoms with Crippen molar-refractivity contribution in [2.45, 2.75) is 20.8 Å². The zero-order valence-electron chi connectivity index (χ0n) is 11.1. The van der Waals surface area contributed by atoms with Gasteiger partial charge < -0.3 is 4.98 Å². The van der Waals surface area contributed by atoms with Gasteiger partial charge in [-0.05, 0) is 31.9 Å². The lowest BCUT2D eigenvalue weighted by molar-refractivity contribution is 0.877. The molecule has 0 aliphatic heterocycles. The van der Waals surface area contributed by atoms with Crippen molar-refractivity contribution in [1.29, 1.82) is 0 Å². The molecule has 96 valence electrons. The van der Waals surface area contributed by atoms with E-state index < -0.39 is 0 Å². The first-order valence-corrected chi connectivity index (χ1v) is 6.07. The summed E-state index contributed by atoms with van der Waals surface area (Å²) in [7, 11) is 0. The van der Waals surface area contributed by atoms with Crippen LogP contribution in [-0.2, 0) is 0 Å². The Morgan fingerprint density at radius 1 is 1.16 bits per heavy atom. The lowest BCUT2D eigenvalue weighted by Crippen LogP contribution is -2.08. The van der Waals surface area contributed by atoms with Gasteiger partial charge in [-0.3, -0.25) is 4.79 Å². The predicted octanol–water partition coefficient (Wildman–Crippen LogP) is 2.03. The van der Waals surface area contributed by atoms with Gasteiger partial charge in [0.15, 0.2) is 5.65 Å². The summed E-state index contributed by atoms with van der Waals surface area (Å²) in [5.74, 6) is 0. The molecule has 0 aliphatic rings. The number of nitrogens with zero attached hydrogens (tertiary/aromatic N) is 3. The van der Waals surface area contributed by atoms with Gasteiger partial charge in [-0.2, -0.15) is 5.10 Å². The van der Waals surface area contributed by atoms with E-state index in [1.54, 1.807) is 10.9 Å². The van der Waals surface area contributed by atoms with E-state index in [2.05, 4.69) is 34.1 Å². The molecule has 5 nitrogen and oxygen atoms in total. The molecule has 0 atom stereocenters. The van der Waals surface area contributed by atoms with Crippen molar-refractivity contribution >= 4 is 11.0 Å². The summed E-state index contributed by atoms with van der Waals surface area (Å²) in [5.41, 5.74) is 4.84. The number of aryl methyl sites for hydroxylation is 3. The third-order valence-corrected chi connectivity index (χ3v) is 3.22. The SMILES string of the molecule is Cc1cc(C)c(-n2ncc3c(=O)[nH]cnc32)c(C)c1. The zero-order chi connectivity index (χ0) is 13.6. The van der Waals surface area contributed by atoms with Gasteiger partial charge in [0.1, 0.15) is 5.39 Å². The Labute approximate surface area is 109 Å². The Kier molecular flexibility index (Phi) is 2.48. The minimum absolute atomic E-state index is 0.168. The van der Waals surface area contributed by atoms with Gasteiger partial charge in [0.2, 0.25) is 0 Å². The number of hydrogen-bond acceptors (Lipinski definition) is 3. The van der Waals surface area contributed by atoms with E-state index in [1.165, 1.54) is 11.9 Å². The van der Waals surface area contributed by atoms with Gasteiger partial charge in [-0.1, -0.05) is 17.7 Å². The van der Waals surface area contributed by atoms with E-state index in [0.29, 0.717) is 11.0 Å². The van der Waals surface area contributed by atoms with Crippen LogP contribution in [0.3, 0.4) is 0 Å². The van der Waals surface area contributed by atoms with Crippen LogP contribution in [0.25, 0.3) is 16.7 Å². The molecule has 1 N–H and O–H groups in total. The number of aromatic nitrogens is 4. The van der Waals surface area contributed by atoms with E-state index in [0.717, 1.165) is 16.8 Å². The van der Waals surface area contributed by atoms with E-state index >= 15 is 0 Å². The summed E-state index contributed by atoms with van der Waals surface area (Å²) in [6.07, 6.45) is 2.96. The first-order valence-electron chi connectivity index (χ1n) is 6.07. The smallest absolute Gasteiger partial charge is 0.261 e. The second-order valence-corrected chi connectivity index (χ2v) is 4.77. The molecule has 19 heavy (non-hydrogen) atoms. The van der Waals surface area contributed by atoms with Gasteiger partial charge in [-0.25, -0.2) is 9.67 Å². The van der Waals surface area contributed by atoms with Crippen molar-refractivity contribution in [3.05, 3.63) is 51.7 Å². The molecule has 3 rings (SSSR count). The molecular weight excluding hydrogens is 240 g/mol. The van der Waals surface area contributed by atoms with Gasteiger partial charge in [-0.15, -0.1) is 0 Å². The first kappa shape index (κ1) is 11.6. The van der Waals surface area contributed by atoms with Crippen molar-refractivity contribution in [2.24, 2.45) is 0 Å². The maximum Gasteiger partial charge on any atom is 0.261 e. The largest absolute Gasteiger partial charge is 0.312 e. The zero-order valence-corrected chi connectivity index (χ0v) is 11.1. The van der Waals surface area contributed by atoms with Gasteiger partial charge in [0, 0.05) is 0 Å². The molecular formula is C14H14N4O. The third-order valence-electron chi connectivity index (χ3n) is 3.22. The maximum atomic E-state index is 11.7. The van der Waals surface area contributed by atoms with Crippen molar-refractivity contribution in [3.63, 3.8) is 0 Å². The monoisotopic (exact) mass is 254 g/mol. The minimum Gasteiger partial charge on any atom is -0.312 e. The molecule has 3 aromatic rings. The molecule has 0 spiro atoms. The Hall–Kier alpha value is -2.43. The number of H-pyrrole nitrogens is 1. The summed E-state index contributed by atoms with van der Waals surface area (Å²) in [6.45, 7) is 6.14. The highest BCUT2D eigenvalue weighted by Crippen LogP contribution is 2.22. The summed E-state index contributed by atoms with van der Waals surface area (Å²) < 4.78 is 1.73. The molecule has 5 heteroatoms. The van der Waals surface area contributed by atoms with Crippen LogP contribution in [0, 0.1) is 20.8 Å². The average Bonchev–Trinajstić information content (AvgIpc) is 2.73. The number of hydrogen-bond donors (Lipinski definition) is 1. The highest BCUT2D eigenvalue weighted by Gasteiger charge is 2.13. The van der Waals surface area contributed by atoms with E-state index in [-0.39, 0.29) is 5.56 Å². The minimum atomic E-state index is -0.168. The summed E-state index contributed by atoms with van der Waals surface area (Å²) in [4.78, 5) is 18.5. The molecule has 0 amide bonds. The highest BCUT2D eigenvalue weighted by atomic mass is 16.1. The highest BCUT2D eigenvalue weighted by molar-refractivity contribution is 5.75. The molecule has 1 aromatic carbocycles. The Bertz CT molecular complexity index is 806. The fraction of sp³-hybridized carbons (Fsp3) is 0.214. The van der Waals surface area contributed by atoms with Gasteiger partial charge in [0.05, 0.1) is 18.2 Å². The fourth-order valence-corrected chi connectivity index (χ4v) is 2.53. The third kappa shape index (κ3) is 1.74. The van der Waals surface area contributed by atoms with Gasteiger partial charge in [0.25, 0.3) is 5.56 Å². The lowest BCUT2D eigenvalue weighted by Gasteiger charge is -2.11. The Morgan fingerprint density at radius 2 is 1.84 bits per heavy atom. The standard InChI is InChI=1S/C14H14N4O/c1-8-4-9(2)12(10(3)5-8)18-13-11(6-17-18)14(19)16-7-15-13/h4-7H,1-3H3,(H,15,16,19). The molecule has 0 saturated carbocycles. The molecule has 0 aliphatic carbocycles. The van der Waals surface area contributed by atoms with E-state index in [1.807, 2.05) is 13.8 Å². The summed E-state index contributed by atoms with van der Waals surface area (Å²) >= 11 is 0. The first-order chi connectivity index (χ1) is 9.08. The second kappa shape index (κ2) is 4.05. The van der Waals surface area contributed by atoms with Crippen LogP contribution in [0.2, 0.25) is 0 Å². The average molecular weight is 254 g/mol. The molecule has 0 unspecified atom stereocenters. The fourth-order valence-electron chi connectivity index (χ4n) is 2.53. The number of benzene rings is 1. The van der Waals surface area contributed by atoms with Crippen molar-refractivity contribution in [2.75, 3.05) is 0 Å². The van der Waals surface area contributed by atoms with E-state index in [4.69, 9.17) is 0 Å². The van der Waals surface area contributed by atoms with Crippen LogP contribution in [0.4, 0.5) is 0 Å². The molecule has 0 bridgehead atoms. The molecule has 0 saturated heterocycles. The summed E-state index contributed by atoms with van der Waals surface area (Å²) in [6, 6.07) is 4.20. The maximum absolute atomic E-state index is 11.7. The molecule has 2 aromatic heterocycles. The normalized spacial score (nSPS) is 11.1. The number of nitrogens with one attached hydrogen (secondary N) is 1.